The van der Waals surface area contributed by atoms with Gasteiger partial charge in [-0.3, -0.25) is 4.79 Å². The van der Waals surface area contributed by atoms with Crippen molar-refractivity contribution in [3.05, 3.63) is 16.1 Å². The maximum Gasteiger partial charge on any atom is 0.317 e. The van der Waals surface area contributed by atoms with Gasteiger partial charge in [0.05, 0.1) is 17.0 Å². The van der Waals surface area contributed by atoms with E-state index >= 15 is 0 Å². The predicted molar refractivity (Wildman–Crippen MR) is 75.6 cm³/mol. The molecule has 0 spiro atoms. The molecule has 0 saturated carbocycles. The first-order chi connectivity index (χ1) is 9.40. The molecule has 2 heterocycles. The highest BCUT2D eigenvalue weighted by Crippen LogP contribution is 2.29. The Morgan fingerprint density at radius 1 is 1.60 bits per heavy atom. The van der Waals surface area contributed by atoms with E-state index in [9.17, 15) is 14.7 Å². The van der Waals surface area contributed by atoms with Gasteiger partial charge in [-0.05, 0) is 26.7 Å². The fourth-order valence-corrected chi connectivity index (χ4v) is 3.08. The SMILES string of the molecule is Cc1ncc(CNC(=O)N2CCCC(C)(C(=O)O)C2)s1. The minimum absolute atomic E-state index is 0.205. The number of carboxylic acid groups (broad SMARTS) is 1. The lowest BCUT2D eigenvalue weighted by Crippen LogP contribution is -2.51. The second kappa shape index (κ2) is 5.78. The number of carboxylic acids is 1. The van der Waals surface area contributed by atoms with Crippen molar-refractivity contribution >= 4 is 23.3 Å². The summed E-state index contributed by atoms with van der Waals surface area (Å²) in [6.07, 6.45) is 3.08. The summed E-state index contributed by atoms with van der Waals surface area (Å²) in [6, 6.07) is -0.205. The standard InChI is InChI=1S/C13H19N3O3S/c1-9-14-6-10(20-9)7-15-12(19)16-5-3-4-13(2,8-16)11(17)18/h6H,3-5,7-8H2,1-2H3,(H,15,19)(H,17,18). The maximum atomic E-state index is 12.1. The number of rotatable bonds is 3. The molecule has 1 aliphatic rings. The van der Waals surface area contributed by atoms with Gasteiger partial charge >= 0.3 is 12.0 Å². The third-order valence-corrected chi connectivity index (χ3v) is 4.50. The molecular weight excluding hydrogens is 278 g/mol. The van der Waals surface area contributed by atoms with Crippen LogP contribution in [0.3, 0.4) is 0 Å². The van der Waals surface area contributed by atoms with Crippen LogP contribution in [0.4, 0.5) is 4.79 Å². The average molecular weight is 297 g/mol. The minimum atomic E-state index is -0.840. The van der Waals surface area contributed by atoms with Gasteiger partial charge in [0.15, 0.2) is 0 Å². The summed E-state index contributed by atoms with van der Waals surface area (Å²) >= 11 is 1.54. The number of piperidine rings is 1. The lowest BCUT2D eigenvalue weighted by Gasteiger charge is -2.37. The van der Waals surface area contributed by atoms with E-state index in [0.29, 0.717) is 19.5 Å². The van der Waals surface area contributed by atoms with Crippen LogP contribution >= 0.6 is 11.3 Å². The number of thiazole rings is 1. The number of amides is 2. The van der Waals surface area contributed by atoms with E-state index in [2.05, 4.69) is 10.3 Å². The van der Waals surface area contributed by atoms with Gasteiger partial charge in [0.1, 0.15) is 0 Å². The van der Waals surface area contributed by atoms with Crippen LogP contribution in [-0.2, 0) is 11.3 Å². The highest BCUT2D eigenvalue weighted by atomic mass is 32.1. The van der Waals surface area contributed by atoms with E-state index in [1.165, 1.54) is 0 Å². The van der Waals surface area contributed by atoms with Crippen molar-refractivity contribution < 1.29 is 14.7 Å². The molecule has 2 amide bonds. The van der Waals surface area contributed by atoms with E-state index in [1.54, 1.807) is 29.4 Å². The minimum Gasteiger partial charge on any atom is -0.481 e. The molecule has 6 nitrogen and oxygen atoms in total. The smallest absolute Gasteiger partial charge is 0.317 e. The summed E-state index contributed by atoms with van der Waals surface area (Å²) in [5, 5.41) is 13.0. The Labute approximate surface area is 121 Å². The zero-order valence-corrected chi connectivity index (χ0v) is 12.5. The highest BCUT2D eigenvalue weighted by Gasteiger charge is 2.39. The largest absolute Gasteiger partial charge is 0.481 e. The van der Waals surface area contributed by atoms with Crippen LogP contribution in [0.2, 0.25) is 0 Å². The van der Waals surface area contributed by atoms with E-state index < -0.39 is 11.4 Å². The fourth-order valence-electron chi connectivity index (χ4n) is 2.35. The number of aliphatic carboxylic acids is 1. The first-order valence-electron chi connectivity index (χ1n) is 6.58. The van der Waals surface area contributed by atoms with Crippen molar-refractivity contribution in [2.75, 3.05) is 13.1 Å². The number of hydrogen-bond acceptors (Lipinski definition) is 4. The third kappa shape index (κ3) is 3.27. The molecule has 1 unspecified atom stereocenters. The van der Waals surface area contributed by atoms with Crippen molar-refractivity contribution in [3.63, 3.8) is 0 Å². The molecular formula is C13H19N3O3S. The van der Waals surface area contributed by atoms with Gasteiger partial charge in [-0.1, -0.05) is 0 Å². The number of nitrogens with zero attached hydrogens (tertiary/aromatic N) is 2. The Morgan fingerprint density at radius 3 is 2.95 bits per heavy atom. The van der Waals surface area contributed by atoms with Crippen molar-refractivity contribution in [3.8, 4) is 0 Å². The van der Waals surface area contributed by atoms with Crippen LogP contribution in [0.25, 0.3) is 0 Å². The number of urea groups is 1. The summed E-state index contributed by atoms with van der Waals surface area (Å²) in [4.78, 5) is 30.1. The van der Waals surface area contributed by atoms with Crippen LogP contribution in [0.1, 0.15) is 29.7 Å². The summed E-state index contributed by atoms with van der Waals surface area (Å²) in [5.41, 5.74) is -0.837. The molecule has 0 bridgehead atoms. The molecule has 110 valence electrons. The summed E-state index contributed by atoms with van der Waals surface area (Å²) in [7, 11) is 0. The molecule has 2 N–H and O–H groups in total. The van der Waals surface area contributed by atoms with E-state index in [1.807, 2.05) is 6.92 Å². The van der Waals surface area contributed by atoms with Crippen LogP contribution in [-0.4, -0.2) is 40.1 Å². The maximum absolute atomic E-state index is 12.1. The van der Waals surface area contributed by atoms with Crippen molar-refractivity contribution in [1.29, 1.82) is 0 Å². The van der Waals surface area contributed by atoms with Crippen molar-refractivity contribution in [1.82, 2.24) is 15.2 Å². The molecule has 0 aromatic carbocycles. The molecule has 20 heavy (non-hydrogen) atoms. The topological polar surface area (TPSA) is 82.5 Å². The molecule has 1 fully saturated rings. The summed E-state index contributed by atoms with van der Waals surface area (Å²) < 4.78 is 0. The molecule has 7 heteroatoms. The molecule has 0 radical (unpaired) electrons. The second-order valence-corrected chi connectivity index (χ2v) is 6.71. The second-order valence-electron chi connectivity index (χ2n) is 5.40. The fraction of sp³-hybridized carbons (Fsp3) is 0.615. The zero-order valence-electron chi connectivity index (χ0n) is 11.7. The van der Waals surface area contributed by atoms with Crippen LogP contribution in [0.5, 0.6) is 0 Å². The molecule has 1 atom stereocenters. The number of carbonyl (C=O) groups excluding carboxylic acids is 1. The molecule has 1 saturated heterocycles. The number of nitrogens with one attached hydrogen (secondary N) is 1. The van der Waals surface area contributed by atoms with Gasteiger partial charge in [0.2, 0.25) is 0 Å². The first kappa shape index (κ1) is 14.8. The Kier molecular flexibility index (Phi) is 4.27. The normalized spacial score (nSPS) is 22.6. The Morgan fingerprint density at radius 2 is 2.35 bits per heavy atom. The molecule has 1 aromatic rings. The summed E-state index contributed by atoms with van der Waals surface area (Å²) in [6.45, 7) is 4.91. The Bertz CT molecular complexity index is 517. The van der Waals surface area contributed by atoms with Gasteiger partial charge in [-0.15, -0.1) is 11.3 Å². The zero-order chi connectivity index (χ0) is 14.8. The van der Waals surface area contributed by atoms with Crippen molar-refractivity contribution in [2.45, 2.75) is 33.2 Å². The predicted octanol–water partition coefficient (Wildman–Crippen LogP) is 1.85. The number of hydrogen-bond donors (Lipinski definition) is 2. The summed E-state index contributed by atoms with van der Waals surface area (Å²) in [5.74, 6) is -0.840. The number of carbonyl (C=O) groups is 2. The van der Waals surface area contributed by atoms with Gasteiger partial charge in [-0.25, -0.2) is 9.78 Å². The monoisotopic (exact) mass is 297 g/mol. The van der Waals surface area contributed by atoms with Gasteiger partial charge in [-0.2, -0.15) is 0 Å². The van der Waals surface area contributed by atoms with Gasteiger partial charge in [0.25, 0.3) is 0 Å². The molecule has 1 aromatic heterocycles. The van der Waals surface area contributed by atoms with Crippen LogP contribution in [0, 0.1) is 12.3 Å². The van der Waals surface area contributed by atoms with Crippen LogP contribution in [0.15, 0.2) is 6.20 Å². The quantitative estimate of drug-likeness (QED) is 0.892. The lowest BCUT2D eigenvalue weighted by atomic mass is 9.82. The molecule has 2 rings (SSSR count). The molecule has 0 aliphatic carbocycles. The third-order valence-electron chi connectivity index (χ3n) is 3.58. The average Bonchev–Trinajstić information content (AvgIpc) is 2.81. The lowest BCUT2D eigenvalue weighted by molar-refractivity contribution is -0.150. The van der Waals surface area contributed by atoms with Gasteiger partial charge in [0, 0.05) is 24.2 Å². The number of likely N-dealkylation sites (tertiary alicyclic amines) is 1. The van der Waals surface area contributed by atoms with Crippen LogP contribution < -0.4 is 5.32 Å². The van der Waals surface area contributed by atoms with E-state index in [4.69, 9.17) is 0 Å². The molecule has 1 aliphatic heterocycles. The Balaban J connectivity index is 1.90. The number of aryl methyl sites for hydroxylation is 1. The van der Waals surface area contributed by atoms with E-state index in [-0.39, 0.29) is 12.6 Å². The highest BCUT2D eigenvalue weighted by molar-refractivity contribution is 7.11. The van der Waals surface area contributed by atoms with E-state index in [0.717, 1.165) is 16.3 Å². The van der Waals surface area contributed by atoms with Crippen molar-refractivity contribution in [2.24, 2.45) is 5.41 Å². The Hall–Kier alpha value is -1.63. The van der Waals surface area contributed by atoms with Gasteiger partial charge < -0.3 is 15.3 Å². The number of aromatic nitrogens is 1. The first-order valence-corrected chi connectivity index (χ1v) is 7.40.